The predicted molar refractivity (Wildman–Crippen MR) is 57.9 cm³/mol. The van der Waals surface area contributed by atoms with E-state index in [1.165, 1.54) is 16.7 Å². The fraction of sp³-hybridized carbons (Fsp3) is 0.500. The van der Waals surface area contributed by atoms with Crippen molar-refractivity contribution in [3.63, 3.8) is 0 Å². The fourth-order valence-corrected chi connectivity index (χ4v) is 1.51. The first-order chi connectivity index (χ1) is 6.02. The summed E-state index contributed by atoms with van der Waals surface area (Å²) in [5, 5.41) is 0. The molecule has 13 heavy (non-hydrogen) atoms. The Labute approximate surface area is 81.0 Å². The van der Waals surface area contributed by atoms with Crippen LogP contribution in [0.3, 0.4) is 0 Å². The van der Waals surface area contributed by atoms with Crippen LogP contribution in [0.1, 0.15) is 49.4 Å². The average molecular weight is 177 g/mol. The minimum absolute atomic E-state index is 0.138. The van der Waals surface area contributed by atoms with Crippen LogP contribution >= 0.6 is 0 Å². The van der Waals surface area contributed by atoms with Crippen LogP contribution in [-0.4, -0.2) is 0 Å². The Hall–Kier alpha value is -0.820. The molecule has 1 aromatic rings. The summed E-state index contributed by atoms with van der Waals surface area (Å²) in [7, 11) is 0. The van der Waals surface area contributed by atoms with Gasteiger partial charge >= 0.3 is 0 Å². The lowest BCUT2D eigenvalue weighted by molar-refractivity contribution is 0.795. The van der Waals surface area contributed by atoms with E-state index in [4.69, 9.17) is 5.73 Å². The van der Waals surface area contributed by atoms with E-state index in [-0.39, 0.29) is 6.04 Å². The molecule has 0 spiro atoms. The largest absolute Gasteiger partial charge is 0.324 e. The first-order valence-corrected chi connectivity index (χ1v) is 4.88. The molecule has 0 fully saturated rings. The maximum Gasteiger partial charge on any atom is 0.0268 e. The van der Waals surface area contributed by atoms with Crippen LogP contribution < -0.4 is 5.73 Å². The van der Waals surface area contributed by atoms with E-state index in [1.54, 1.807) is 0 Å². The van der Waals surface area contributed by atoms with Crippen molar-refractivity contribution in [1.29, 1.82) is 0 Å². The highest BCUT2D eigenvalue weighted by molar-refractivity contribution is 5.34. The molecule has 0 aliphatic heterocycles. The molecule has 1 heteroatoms. The number of hydrogen-bond donors (Lipinski definition) is 1. The first kappa shape index (κ1) is 10.3. The van der Waals surface area contributed by atoms with E-state index in [0.717, 1.165) is 0 Å². The lowest BCUT2D eigenvalue weighted by Gasteiger charge is -2.13. The summed E-state index contributed by atoms with van der Waals surface area (Å²) in [6.45, 7) is 8.56. The van der Waals surface area contributed by atoms with Crippen LogP contribution in [0, 0.1) is 6.92 Å². The topological polar surface area (TPSA) is 26.0 Å². The summed E-state index contributed by atoms with van der Waals surface area (Å²) in [5.41, 5.74) is 9.82. The molecule has 0 saturated heterocycles. The molecule has 0 saturated carbocycles. The van der Waals surface area contributed by atoms with Crippen molar-refractivity contribution < 1.29 is 0 Å². The quantitative estimate of drug-likeness (QED) is 0.738. The Balaban J connectivity index is 3.11. The molecular formula is C12H19N. The van der Waals surface area contributed by atoms with Crippen LogP contribution in [-0.2, 0) is 0 Å². The van der Waals surface area contributed by atoms with Gasteiger partial charge in [0.25, 0.3) is 0 Å². The molecule has 1 nitrogen and oxygen atoms in total. The molecule has 1 atom stereocenters. The highest BCUT2D eigenvalue weighted by atomic mass is 14.6. The third-order valence-corrected chi connectivity index (χ3v) is 2.46. The zero-order chi connectivity index (χ0) is 10.0. The summed E-state index contributed by atoms with van der Waals surface area (Å²) in [5.74, 6) is 0.582. The second-order valence-electron chi connectivity index (χ2n) is 4.06. The summed E-state index contributed by atoms with van der Waals surface area (Å²) in [6, 6.07) is 6.71. The predicted octanol–water partition coefficient (Wildman–Crippen LogP) is 3.14. The van der Waals surface area contributed by atoms with Crippen molar-refractivity contribution in [3.05, 3.63) is 34.9 Å². The standard InChI is InChI=1S/C12H19N/c1-8(2)11-6-5-9(3)12(7-11)10(4)13/h5-8,10H,13H2,1-4H3/t10-/m1/s1. The van der Waals surface area contributed by atoms with Crippen LogP contribution in [0.25, 0.3) is 0 Å². The number of hydrogen-bond acceptors (Lipinski definition) is 1. The molecule has 0 aromatic heterocycles. The molecule has 0 aliphatic rings. The molecule has 0 unspecified atom stereocenters. The molecule has 0 radical (unpaired) electrons. The number of rotatable bonds is 2. The van der Waals surface area contributed by atoms with Crippen LogP contribution in [0.5, 0.6) is 0 Å². The Bertz CT molecular complexity index is 287. The first-order valence-electron chi connectivity index (χ1n) is 4.88. The van der Waals surface area contributed by atoms with Crippen molar-refractivity contribution >= 4 is 0 Å². The minimum Gasteiger partial charge on any atom is -0.324 e. The van der Waals surface area contributed by atoms with E-state index < -0.39 is 0 Å². The van der Waals surface area contributed by atoms with E-state index in [1.807, 2.05) is 6.92 Å². The van der Waals surface area contributed by atoms with Crippen molar-refractivity contribution in [2.24, 2.45) is 5.73 Å². The van der Waals surface area contributed by atoms with Gasteiger partial charge in [-0.3, -0.25) is 0 Å². The second kappa shape index (κ2) is 3.93. The van der Waals surface area contributed by atoms with Gasteiger partial charge in [0.05, 0.1) is 0 Å². The van der Waals surface area contributed by atoms with E-state index in [0.29, 0.717) is 5.92 Å². The average Bonchev–Trinajstić information content (AvgIpc) is 2.04. The number of nitrogens with two attached hydrogens (primary N) is 1. The third-order valence-electron chi connectivity index (χ3n) is 2.46. The number of aryl methyl sites for hydroxylation is 1. The highest BCUT2D eigenvalue weighted by Crippen LogP contribution is 2.21. The molecule has 0 aliphatic carbocycles. The maximum atomic E-state index is 5.88. The molecule has 2 N–H and O–H groups in total. The van der Waals surface area contributed by atoms with Gasteiger partial charge in [-0.05, 0) is 36.5 Å². The van der Waals surface area contributed by atoms with E-state index in [9.17, 15) is 0 Å². The minimum atomic E-state index is 0.138. The van der Waals surface area contributed by atoms with Gasteiger partial charge in [-0.25, -0.2) is 0 Å². The van der Waals surface area contributed by atoms with E-state index in [2.05, 4.69) is 39.0 Å². The molecule has 1 rings (SSSR count). The van der Waals surface area contributed by atoms with Crippen LogP contribution in [0.2, 0.25) is 0 Å². The van der Waals surface area contributed by atoms with Crippen molar-refractivity contribution in [1.82, 2.24) is 0 Å². The van der Waals surface area contributed by atoms with Gasteiger partial charge in [0.2, 0.25) is 0 Å². The molecule has 0 bridgehead atoms. The molecule has 0 amide bonds. The van der Waals surface area contributed by atoms with E-state index >= 15 is 0 Å². The van der Waals surface area contributed by atoms with Crippen molar-refractivity contribution in [3.8, 4) is 0 Å². The summed E-state index contributed by atoms with van der Waals surface area (Å²) in [6.07, 6.45) is 0. The van der Waals surface area contributed by atoms with Crippen LogP contribution in [0.15, 0.2) is 18.2 Å². The monoisotopic (exact) mass is 177 g/mol. The molecule has 72 valence electrons. The third kappa shape index (κ3) is 2.31. The second-order valence-corrected chi connectivity index (χ2v) is 4.06. The zero-order valence-electron chi connectivity index (χ0n) is 8.96. The Kier molecular flexibility index (Phi) is 3.10. The summed E-state index contributed by atoms with van der Waals surface area (Å²) >= 11 is 0. The van der Waals surface area contributed by atoms with Crippen LogP contribution in [0.4, 0.5) is 0 Å². The zero-order valence-corrected chi connectivity index (χ0v) is 8.96. The van der Waals surface area contributed by atoms with Gasteiger partial charge in [-0.1, -0.05) is 32.0 Å². The SMILES string of the molecule is Cc1ccc(C(C)C)cc1[C@@H](C)N. The molecular weight excluding hydrogens is 158 g/mol. The molecule has 0 heterocycles. The Morgan fingerprint density at radius 2 is 1.77 bits per heavy atom. The Morgan fingerprint density at radius 1 is 1.15 bits per heavy atom. The van der Waals surface area contributed by atoms with Crippen molar-refractivity contribution in [2.45, 2.75) is 39.7 Å². The van der Waals surface area contributed by atoms with Gasteiger partial charge in [-0.2, -0.15) is 0 Å². The van der Waals surface area contributed by atoms with Crippen molar-refractivity contribution in [2.75, 3.05) is 0 Å². The summed E-state index contributed by atoms with van der Waals surface area (Å²) < 4.78 is 0. The van der Waals surface area contributed by atoms with Gasteiger partial charge in [0.1, 0.15) is 0 Å². The lowest BCUT2D eigenvalue weighted by atomic mass is 9.95. The maximum absolute atomic E-state index is 5.88. The lowest BCUT2D eigenvalue weighted by Crippen LogP contribution is -2.07. The van der Waals surface area contributed by atoms with Gasteiger partial charge < -0.3 is 5.73 Å². The fourth-order valence-electron chi connectivity index (χ4n) is 1.51. The molecule has 1 aromatic carbocycles. The highest BCUT2D eigenvalue weighted by Gasteiger charge is 2.06. The van der Waals surface area contributed by atoms with Gasteiger partial charge in [0, 0.05) is 6.04 Å². The Morgan fingerprint density at radius 3 is 2.23 bits per heavy atom. The number of benzene rings is 1. The van der Waals surface area contributed by atoms with Gasteiger partial charge in [0.15, 0.2) is 0 Å². The van der Waals surface area contributed by atoms with Gasteiger partial charge in [-0.15, -0.1) is 0 Å². The summed E-state index contributed by atoms with van der Waals surface area (Å²) in [4.78, 5) is 0. The smallest absolute Gasteiger partial charge is 0.0268 e. The normalized spacial score (nSPS) is 13.4.